The highest BCUT2D eigenvalue weighted by Gasteiger charge is 2.39. The molecule has 0 radical (unpaired) electrons. The summed E-state index contributed by atoms with van der Waals surface area (Å²) in [7, 11) is 0. The summed E-state index contributed by atoms with van der Waals surface area (Å²) in [5.41, 5.74) is 1.48. The van der Waals surface area contributed by atoms with Crippen LogP contribution >= 0.6 is 0 Å². The summed E-state index contributed by atoms with van der Waals surface area (Å²) in [6, 6.07) is 3.95. The van der Waals surface area contributed by atoms with E-state index < -0.39 is 0 Å². The maximum absolute atomic E-state index is 11.8. The van der Waals surface area contributed by atoms with Crippen LogP contribution in [0.5, 0.6) is 0 Å². The van der Waals surface area contributed by atoms with Crippen LogP contribution < -0.4 is 10.5 Å². The van der Waals surface area contributed by atoms with E-state index in [1.807, 2.05) is 19.2 Å². The molecule has 1 aliphatic heterocycles. The average Bonchev–Trinajstić information content (AvgIpc) is 3.37. The fourth-order valence-corrected chi connectivity index (χ4v) is 4.59. The zero-order chi connectivity index (χ0) is 19.3. The van der Waals surface area contributed by atoms with Gasteiger partial charge in [0.1, 0.15) is 11.5 Å². The quantitative estimate of drug-likeness (QED) is 0.754. The fourth-order valence-electron chi connectivity index (χ4n) is 4.59. The molecule has 28 heavy (non-hydrogen) atoms. The van der Waals surface area contributed by atoms with Gasteiger partial charge in [0.05, 0.1) is 12.2 Å². The number of H-pyrrole nitrogens is 1. The molecule has 0 saturated heterocycles. The molecule has 0 aromatic carbocycles. The van der Waals surface area contributed by atoms with Crippen LogP contribution in [0.1, 0.15) is 56.7 Å². The van der Waals surface area contributed by atoms with Crippen LogP contribution in [0.3, 0.4) is 0 Å². The Balaban J connectivity index is 1.72. The molecule has 144 valence electrons. The van der Waals surface area contributed by atoms with Crippen LogP contribution in [-0.4, -0.2) is 35.8 Å². The second-order valence-electron chi connectivity index (χ2n) is 7.55. The van der Waals surface area contributed by atoms with E-state index in [9.17, 15) is 4.79 Å². The molecule has 8 heteroatoms. The van der Waals surface area contributed by atoms with E-state index in [0.717, 1.165) is 48.0 Å². The van der Waals surface area contributed by atoms with E-state index in [-0.39, 0.29) is 11.6 Å². The Hall–Kier alpha value is -3.03. The van der Waals surface area contributed by atoms with Crippen molar-refractivity contribution < 1.29 is 0 Å². The third-order valence-corrected chi connectivity index (χ3v) is 5.86. The number of hydrogen-bond acceptors (Lipinski definition) is 6. The van der Waals surface area contributed by atoms with Crippen molar-refractivity contribution in [2.24, 2.45) is 0 Å². The first-order valence-electron chi connectivity index (χ1n) is 9.94. The lowest BCUT2D eigenvalue weighted by Crippen LogP contribution is -2.42. The Kier molecular flexibility index (Phi) is 3.99. The third-order valence-electron chi connectivity index (χ3n) is 5.86. The van der Waals surface area contributed by atoms with Gasteiger partial charge >= 0.3 is 0 Å². The minimum Gasteiger partial charge on any atom is -0.342 e. The highest BCUT2D eigenvalue weighted by molar-refractivity contribution is 5.66. The summed E-state index contributed by atoms with van der Waals surface area (Å²) in [5, 5.41) is 8.83. The normalized spacial score (nSPS) is 18.9. The summed E-state index contributed by atoms with van der Waals surface area (Å²) in [6.07, 6.45) is 9.20. The van der Waals surface area contributed by atoms with E-state index in [4.69, 9.17) is 4.98 Å². The number of fused-ring (bicyclic) bond motifs is 3. The molecule has 0 amide bonds. The van der Waals surface area contributed by atoms with Crippen molar-refractivity contribution in [1.29, 1.82) is 0 Å². The molecule has 5 rings (SSSR count). The highest BCUT2D eigenvalue weighted by atomic mass is 16.1. The number of aryl methyl sites for hydroxylation is 1. The number of nitrogens with one attached hydrogen (secondary N) is 1. The minimum atomic E-state index is -0.158. The van der Waals surface area contributed by atoms with Gasteiger partial charge in [-0.15, -0.1) is 10.2 Å². The summed E-state index contributed by atoms with van der Waals surface area (Å²) >= 11 is 0. The van der Waals surface area contributed by atoms with Gasteiger partial charge in [0.15, 0.2) is 17.5 Å². The van der Waals surface area contributed by atoms with Crippen LogP contribution in [0.25, 0.3) is 17.1 Å². The molecule has 1 saturated carbocycles. The van der Waals surface area contributed by atoms with Crippen LogP contribution in [0.4, 0.5) is 5.82 Å². The first-order chi connectivity index (χ1) is 13.7. The second-order valence-corrected chi connectivity index (χ2v) is 7.55. The molecule has 1 fully saturated rings. The Morgan fingerprint density at radius 3 is 2.82 bits per heavy atom. The Labute approximate surface area is 162 Å². The fraction of sp³-hybridized carbons (Fsp3) is 0.450. The predicted octanol–water partition coefficient (Wildman–Crippen LogP) is 2.93. The molecule has 0 spiro atoms. The van der Waals surface area contributed by atoms with Crippen molar-refractivity contribution in [3.8, 4) is 17.1 Å². The van der Waals surface area contributed by atoms with E-state index in [2.05, 4.69) is 36.6 Å². The van der Waals surface area contributed by atoms with E-state index >= 15 is 0 Å². The van der Waals surface area contributed by atoms with Crippen LogP contribution in [-0.2, 0) is 0 Å². The predicted molar refractivity (Wildman–Crippen MR) is 106 cm³/mol. The van der Waals surface area contributed by atoms with Gasteiger partial charge in [0.2, 0.25) is 5.56 Å². The molecule has 8 nitrogen and oxygen atoms in total. The molecule has 1 atom stereocenters. The van der Waals surface area contributed by atoms with Crippen molar-refractivity contribution in [2.45, 2.75) is 58.0 Å². The van der Waals surface area contributed by atoms with Crippen molar-refractivity contribution >= 4 is 5.82 Å². The Morgan fingerprint density at radius 2 is 2.07 bits per heavy atom. The number of aromatic nitrogens is 6. The zero-order valence-electron chi connectivity index (χ0n) is 16.1. The largest absolute Gasteiger partial charge is 0.342 e. The summed E-state index contributed by atoms with van der Waals surface area (Å²) in [6.45, 7) is 4.15. The number of rotatable bonds is 3. The minimum absolute atomic E-state index is 0.138. The van der Waals surface area contributed by atoms with E-state index in [1.54, 1.807) is 6.20 Å². The lowest BCUT2D eigenvalue weighted by Gasteiger charge is -2.41. The summed E-state index contributed by atoms with van der Waals surface area (Å²) < 4.78 is 2.08. The number of anilines is 1. The Bertz CT molecular complexity index is 1080. The highest BCUT2D eigenvalue weighted by Crippen LogP contribution is 2.43. The van der Waals surface area contributed by atoms with Gasteiger partial charge in [-0.1, -0.05) is 19.8 Å². The van der Waals surface area contributed by atoms with Crippen molar-refractivity contribution in [1.82, 2.24) is 29.7 Å². The maximum atomic E-state index is 11.8. The van der Waals surface area contributed by atoms with Gasteiger partial charge in [-0.2, -0.15) is 0 Å². The van der Waals surface area contributed by atoms with Crippen LogP contribution in [0.15, 0.2) is 29.3 Å². The molecule has 1 N–H and O–H groups in total. The van der Waals surface area contributed by atoms with E-state index in [1.165, 1.54) is 18.9 Å². The standard InChI is InChI=1S/C20H23N7O/c1-3-15-20-25-24-12(2)26(20)16-11-22-18(13-8-9-21-17(28)10-13)23-19(16)27(15)14-6-4-5-7-14/h8-11,14-15H,3-7H2,1-2H3,(H,21,28)/t15-/m1/s1. The summed E-state index contributed by atoms with van der Waals surface area (Å²) in [4.78, 5) is 26.4. The van der Waals surface area contributed by atoms with Crippen molar-refractivity contribution in [3.05, 3.63) is 46.5 Å². The number of nitrogens with zero attached hydrogens (tertiary/aromatic N) is 6. The lowest BCUT2D eigenvalue weighted by atomic mass is 10.0. The van der Waals surface area contributed by atoms with Gasteiger partial charge in [-0.25, -0.2) is 9.97 Å². The number of hydrogen-bond donors (Lipinski definition) is 1. The van der Waals surface area contributed by atoms with Crippen molar-refractivity contribution in [3.63, 3.8) is 0 Å². The first kappa shape index (κ1) is 17.1. The van der Waals surface area contributed by atoms with Crippen molar-refractivity contribution in [2.75, 3.05) is 4.90 Å². The number of aromatic amines is 1. The van der Waals surface area contributed by atoms with Crippen LogP contribution in [0, 0.1) is 6.92 Å². The molecule has 0 bridgehead atoms. The van der Waals surface area contributed by atoms with E-state index in [0.29, 0.717) is 11.9 Å². The topological polar surface area (TPSA) is 92.6 Å². The molecular formula is C20H23N7O. The van der Waals surface area contributed by atoms with Gasteiger partial charge in [-0.3, -0.25) is 9.36 Å². The lowest BCUT2D eigenvalue weighted by molar-refractivity contribution is 0.468. The van der Waals surface area contributed by atoms with Crippen LogP contribution in [0.2, 0.25) is 0 Å². The summed E-state index contributed by atoms with van der Waals surface area (Å²) in [5.74, 6) is 3.29. The van der Waals surface area contributed by atoms with Gasteiger partial charge in [0.25, 0.3) is 0 Å². The monoisotopic (exact) mass is 377 g/mol. The molecule has 3 aromatic rings. The molecule has 4 heterocycles. The molecular weight excluding hydrogens is 354 g/mol. The zero-order valence-corrected chi connectivity index (χ0v) is 16.1. The maximum Gasteiger partial charge on any atom is 0.248 e. The second kappa shape index (κ2) is 6.54. The first-order valence-corrected chi connectivity index (χ1v) is 9.94. The SMILES string of the molecule is CC[C@@H]1c2nnc(C)n2-c2cnc(-c3cc[nH]c(=O)c3)nc2N1C1CCCC1. The Morgan fingerprint density at radius 1 is 1.25 bits per heavy atom. The van der Waals surface area contributed by atoms with Gasteiger partial charge < -0.3 is 9.88 Å². The molecule has 2 aliphatic rings. The molecule has 3 aromatic heterocycles. The molecule has 0 unspecified atom stereocenters. The number of pyridine rings is 1. The average molecular weight is 377 g/mol. The third kappa shape index (κ3) is 2.55. The molecule has 1 aliphatic carbocycles. The van der Waals surface area contributed by atoms with Gasteiger partial charge in [0, 0.05) is 23.9 Å². The smallest absolute Gasteiger partial charge is 0.248 e. The van der Waals surface area contributed by atoms with Gasteiger partial charge in [-0.05, 0) is 32.3 Å².